The molecule has 1 aromatic heterocycles. The van der Waals surface area contributed by atoms with Crippen LogP contribution in [0.3, 0.4) is 0 Å². The van der Waals surface area contributed by atoms with Gasteiger partial charge in [0.15, 0.2) is 0 Å². The fraction of sp³-hybridized carbons (Fsp3) is 0.294. The maximum atomic E-state index is 13.1. The summed E-state index contributed by atoms with van der Waals surface area (Å²) in [6, 6.07) is 9.48. The lowest BCUT2D eigenvalue weighted by Crippen LogP contribution is -2.48. The topological polar surface area (TPSA) is 88.6 Å². The van der Waals surface area contributed by atoms with E-state index >= 15 is 0 Å². The number of pyridine rings is 1. The molecule has 9 heteroatoms. The van der Waals surface area contributed by atoms with Crippen LogP contribution in [0.1, 0.15) is 22.1 Å². The van der Waals surface area contributed by atoms with Gasteiger partial charge in [-0.05, 0) is 29.8 Å². The number of halogens is 1. The molecule has 1 atom stereocenters. The third kappa shape index (κ3) is 3.73. The molecule has 3 rings (SSSR count). The summed E-state index contributed by atoms with van der Waals surface area (Å²) in [5.41, 5.74) is 0.866. The predicted molar refractivity (Wildman–Crippen MR) is 96.5 cm³/mol. The van der Waals surface area contributed by atoms with Crippen molar-refractivity contribution in [3.63, 3.8) is 0 Å². The molecule has 0 amide bonds. The number of piperazine rings is 1. The number of benzene rings is 1. The highest BCUT2D eigenvalue weighted by Crippen LogP contribution is 2.30. The summed E-state index contributed by atoms with van der Waals surface area (Å²) >= 11 is 6.06. The zero-order valence-corrected chi connectivity index (χ0v) is 15.6. The zero-order chi connectivity index (χ0) is 18.7. The van der Waals surface area contributed by atoms with Gasteiger partial charge in [-0.2, -0.15) is 4.31 Å². The molecule has 1 saturated heterocycles. The molecule has 1 aromatic carbocycles. The van der Waals surface area contributed by atoms with E-state index in [0.717, 1.165) is 5.56 Å². The number of sulfonamides is 1. The molecule has 138 valence electrons. The van der Waals surface area contributed by atoms with Gasteiger partial charge in [-0.3, -0.25) is 0 Å². The van der Waals surface area contributed by atoms with Crippen LogP contribution in [0.25, 0.3) is 0 Å². The minimum Gasteiger partial charge on any atom is -0.464 e. The number of carbonyl (C=O) groups excluding carboxylic acids is 1. The van der Waals surface area contributed by atoms with E-state index in [4.69, 9.17) is 11.6 Å². The van der Waals surface area contributed by atoms with Crippen molar-refractivity contribution in [2.75, 3.05) is 26.7 Å². The molecule has 1 unspecified atom stereocenters. The van der Waals surface area contributed by atoms with Crippen molar-refractivity contribution < 1.29 is 17.9 Å². The predicted octanol–water partition coefficient (Wildman–Crippen LogP) is 1.86. The quantitative estimate of drug-likeness (QED) is 0.795. The fourth-order valence-electron chi connectivity index (χ4n) is 2.86. The molecule has 26 heavy (non-hydrogen) atoms. The second-order valence-electron chi connectivity index (χ2n) is 5.76. The van der Waals surface area contributed by atoms with Gasteiger partial charge in [-0.1, -0.05) is 23.7 Å². The van der Waals surface area contributed by atoms with E-state index in [9.17, 15) is 13.2 Å². The van der Waals surface area contributed by atoms with E-state index in [1.165, 1.54) is 29.7 Å². The van der Waals surface area contributed by atoms with Crippen molar-refractivity contribution in [3.05, 3.63) is 58.9 Å². The largest absolute Gasteiger partial charge is 0.464 e. The van der Waals surface area contributed by atoms with Crippen molar-refractivity contribution in [2.24, 2.45) is 0 Å². The Morgan fingerprint density at radius 3 is 2.81 bits per heavy atom. The lowest BCUT2D eigenvalue weighted by molar-refractivity contribution is 0.0594. The maximum absolute atomic E-state index is 13.1. The van der Waals surface area contributed by atoms with Crippen LogP contribution >= 0.6 is 11.6 Å². The van der Waals surface area contributed by atoms with Crippen LogP contribution in [0.5, 0.6) is 0 Å². The Morgan fingerprint density at radius 1 is 1.35 bits per heavy atom. The van der Waals surface area contributed by atoms with E-state index in [2.05, 4.69) is 15.0 Å². The van der Waals surface area contributed by atoms with Gasteiger partial charge < -0.3 is 10.1 Å². The highest BCUT2D eigenvalue weighted by Gasteiger charge is 2.34. The molecule has 0 radical (unpaired) electrons. The van der Waals surface area contributed by atoms with Gasteiger partial charge in [-0.25, -0.2) is 18.2 Å². The molecule has 2 heterocycles. The average Bonchev–Trinajstić information content (AvgIpc) is 2.67. The number of esters is 1. The highest BCUT2D eigenvalue weighted by molar-refractivity contribution is 7.89. The first kappa shape index (κ1) is 18.8. The smallest absolute Gasteiger partial charge is 0.356 e. The lowest BCUT2D eigenvalue weighted by Gasteiger charge is -2.35. The van der Waals surface area contributed by atoms with E-state index in [1.54, 1.807) is 18.2 Å². The summed E-state index contributed by atoms with van der Waals surface area (Å²) in [6.45, 7) is 1.34. The standard InChI is InChI=1S/C17H18ClN3O4S/c1-25-17(22)15-6-5-14(10-20-15)26(23,24)21-8-7-19-11-16(21)12-3-2-4-13(18)9-12/h2-6,9-10,16,19H,7-8,11H2,1H3. The molecule has 0 saturated carbocycles. The average molecular weight is 396 g/mol. The summed E-state index contributed by atoms with van der Waals surface area (Å²) in [5.74, 6) is -0.618. The summed E-state index contributed by atoms with van der Waals surface area (Å²) < 4.78 is 32.2. The van der Waals surface area contributed by atoms with Crippen molar-refractivity contribution >= 4 is 27.6 Å². The van der Waals surface area contributed by atoms with Gasteiger partial charge in [-0.15, -0.1) is 0 Å². The van der Waals surface area contributed by atoms with E-state index < -0.39 is 16.0 Å². The van der Waals surface area contributed by atoms with Crippen LogP contribution in [-0.4, -0.2) is 50.4 Å². The second-order valence-corrected chi connectivity index (χ2v) is 8.09. The summed E-state index contributed by atoms with van der Waals surface area (Å²) in [5, 5.41) is 3.76. The lowest BCUT2D eigenvalue weighted by atomic mass is 10.1. The van der Waals surface area contributed by atoms with E-state index in [1.807, 2.05) is 6.07 Å². The number of hydrogen-bond acceptors (Lipinski definition) is 6. The molecule has 7 nitrogen and oxygen atoms in total. The number of rotatable bonds is 4. The van der Waals surface area contributed by atoms with Gasteiger partial charge in [0, 0.05) is 30.9 Å². The summed E-state index contributed by atoms with van der Waals surface area (Å²) in [7, 11) is -2.54. The van der Waals surface area contributed by atoms with Gasteiger partial charge in [0.25, 0.3) is 0 Å². The molecular weight excluding hydrogens is 378 g/mol. The zero-order valence-electron chi connectivity index (χ0n) is 14.1. The third-order valence-electron chi connectivity index (χ3n) is 4.17. The number of aromatic nitrogens is 1. The first-order valence-electron chi connectivity index (χ1n) is 7.96. The maximum Gasteiger partial charge on any atom is 0.356 e. The molecular formula is C17H18ClN3O4S. The Labute approximate surface area is 157 Å². The van der Waals surface area contributed by atoms with Gasteiger partial charge in [0.2, 0.25) is 10.0 Å². The number of methoxy groups -OCH3 is 1. The van der Waals surface area contributed by atoms with Gasteiger partial charge in [0.1, 0.15) is 10.6 Å². The summed E-state index contributed by atoms with van der Waals surface area (Å²) in [6.07, 6.45) is 1.18. The van der Waals surface area contributed by atoms with Crippen molar-refractivity contribution in [3.8, 4) is 0 Å². The number of carbonyl (C=O) groups is 1. The molecule has 0 aliphatic carbocycles. The molecule has 0 bridgehead atoms. The van der Waals surface area contributed by atoms with E-state index in [-0.39, 0.29) is 16.6 Å². The minimum atomic E-state index is -3.79. The molecule has 0 spiro atoms. The van der Waals surface area contributed by atoms with Crippen molar-refractivity contribution in [2.45, 2.75) is 10.9 Å². The first-order valence-corrected chi connectivity index (χ1v) is 9.77. The van der Waals surface area contributed by atoms with Crippen LogP contribution < -0.4 is 5.32 Å². The van der Waals surface area contributed by atoms with Crippen LogP contribution in [0.4, 0.5) is 0 Å². The third-order valence-corrected chi connectivity index (χ3v) is 6.29. The first-order chi connectivity index (χ1) is 12.4. The number of ether oxygens (including phenoxy) is 1. The Balaban J connectivity index is 1.94. The Kier molecular flexibility index (Phi) is 5.57. The van der Waals surface area contributed by atoms with Crippen LogP contribution in [0.2, 0.25) is 5.02 Å². The highest BCUT2D eigenvalue weighted by atomic mass is 35.5. The second kappa shape index (κ2) is 7.71. The number of hydrogen-bond donors (Lipinski definition) is 1. The minimum absolute atomic E-state index is 0.0269. The monoisotopic (exact) mass is 395 g/mol. The Bertz CT molecular complexity index is 902. The SMILES string of the molecule is COC(=O)c1ccc(S(=O)(=O)N2CCNCC2c2cccc(Cl)c2)cn1. The molecule has 1 fully saturated rings. The Morgan fingerprint density at radius 2 is 2.15 bits per heavy atom. The fourth-order valence-corrected chi connectivity index (χ4v) is 4.62. The van der Waals surface area contributed by atoms with Crippen molar-refractivity contribution in [1.82, 2.24) is 14.6 Å². The normalized spacial score (nSPS) is 18.5. The summed E-state index contributed by atoms with van der Waals surface area (Å²) in [4.78, 5) is 15.4. The van der Waals surface area contributed by atoms with Crippen LogP contribution in [-0.2, 0) is 14.8 Å². The Hall–Kier alpha value is -2.00. The molecule has 1 aliphatic heterocycles. The van der Waals surface area contributed by atoms with Gasteiger partial charge in [0.05, 0.1) is 13.2 Å². The number of nitrogens with one attached hydrogen (secondary N) is 1. The molecule has 1 aliphatic rings. The number of nitrogens with zero attached hydrogens (tertiary/aromatic N) is 2. The molecule has 2 aromatic rings. The van der Waals surface area contributed by atoms with Crippen LogP contribution in [0.15, 0.2) is 47.5 Å². The van der Waals surface area contributed by atoms with Gasteiger partial charge >= 0.3 is 5.97 Å². The van der Waals surface area contributed by atoms with Crippen LogP contribution in [0, 0.1) is 0 Å². The molecule has 1 N–H and O–H groups in total. The van der Waals surface area contributed by atoms with Crippen molar-refractivity contribution in [1.29, 1.82) is 0 Å². The van der Waals surface area contributed by atoms with E-state index in [0.29, 0.717) is 24.7 Å².